The van der Waals surface area contributed by atoms with Crippen LogP contribution in [-0.4, -0.2) is 59.0 Å². The second kappa shape index (κ2) is 9.38. The zero-order chi connectivity index (χ0) is 22.0. The number of fused-ring (bicyclic) bond motifs is 1. The summed E-state index contributed by atoms with van der Waals surface area (Å²) in [6, 6.07) is 12.9. The zero-order valence-corrected chi connectivity index (χ0v) is 18.5. The first-order chi connectivity index (χ1) is 15.0. The molecule has 0 aliphatic carbocycles. The molecule has 1 fully saturated rings. The molecule has 31 heavy (non-hydrogen) atoms. The Bertz CT molecular complexity index is 921. The van der Waals surface area contributed by atoms with E-state index in [1.807, 2.05) is 49.4 Å². The lowest BCUT2D eigenvalue weighted by molar-refractivity contribution is -0.143. The molecule has 2 heterocycles. The Hall–Kier alpha value is -2.42. The minimum absolute atomic E-state index is 0.176. The van der Waals surface area contributed by atoms with Crippen LogP contribution in [-0.2, 0) is 16.0 Å². The van der Waals surface area contributed by atoms with Crippen molar-refractivity contribution in [3.63, 3.8) is 0 Å². The van der Waals surface area contributed by atoms with E-state index < -0.39 is 23.1 Å². The summed E-state index contributed by atoms with van der Waals surface area (Å²) in [5.74, 6) is 1.43. The summed E-state index contributed by atoms with van der Waals surface area (Å²) in [5, 5.41) is 10.2. The van der Waals surface area contributed by atoms with Crippen molar-refractivity contribution in [3.8, 4) is 17.2 Å². The number of likely N-dealkylation sites (tertiary alicyclic amines) is 1. The molecule has 166 valence electrons. The number of hydrogen-bond donors (Lipinski definition) is 1. The van der Waals surface area contributed by atoms with Gasteiger partial charge in [0.05, 0.1) is 13.0 Å². The average Bonchev–Trinajstić information content (AvgIpc) is 3.41. The summed E-state index contributed by atoms with van der Waals surface area (Å²) in [6.07, 6.45) is 0. The Balaban J connectivity index is 1.69. The number of hydrogen-bond acceptors (Lipinski definition) is 6. The van der Waals surface area contributed by atoms with Crippen LogP contribution < -0.4 is 14.2 Å². The van der Waals surface area contributed by atoms with E-state index in [2.05, 4.69) is 4.90 Å². The summed E-state index contributed by atoms with van der Waals surface area (Å²) >= 11 is -0.923. The largest absolute Gasteiger partial charge is 0.616 e. The quantitative estimate of drug-likeness (QED) is 0.625. The van der Waals surface area contributed by atoms with E-state index in [4.69, 9.17) is 14.2 Å². The third kappa shape index (κ3) is 4.46. The highest BCUT2D eigenvalue weighted by Crippen LogP contribution is 2.47. The average molecular weight is 446 g/mol. The number of benzene rings is 2. The molecule has 0 saturated carbocycles. The number of ether oxygens (including phenoxy) is 3. The van der Waals surface area contributed by atoms with Gasteiger partial charge in [-0.1, -0.05) is 29.4 Å². The minimum atomic E-state index is -0.923. The van der Waals surface area contributed by atoms with Gasteiger partial charge >= 0.3 is 5.97 Å². The van der Waals surface area contributed by atoms with Gasteiger partial charge in [0, 0.05) is 25.0 Å². The molecule has 0 spiro atoms. The highest BCUT2D eigenvalue weighted by atomic mass is 32.2. The standard InChI is InChI=1S/C23H27NO6S/c1-3-31(27)11-10-24-13-18(16-6-9-19-20(12-16)30-14-29-19)21(23(25)26)22(24)15-4-7-17(28-2)8-5-15/h4-9,12,18,21-22H,3,10-11,13-14H2,1-2H3,(H,25,26)/t18?,21-,22+,31?/m0/s1. The highest BCUT2D eigenvalue weighted by Gasteiger charge is 2.47. The van der Waals surface area contributed by atoms with Gasteiger partial charge in [0.2, 0.25) is 6.79 Å². The van der Waals surface area contributed by atoms with Crippen LogP contribution in [0.2, 0.25) is 0 Å². The van der Waals surface area contributed by atoms with Crippen LogP contribution in [0, 0.1) is 5.92 Å². The van der Waals surface area contributed by atoms with Gasteiger partial charge in [-0.3, -0.25) is 9.69 Å². The van der Waals surface area contributed by atoms with E-state index in [1.165, 1.54) is 0 Å². The molecule has 4 atom stereocenters. The van der Waals surface area contributed by atoms with E-state index in [0.29, 0.717) is 36.1 Å². The van der Waals surface area contributed by atoms with Crippen molar-refractivity contribution in [2.24, 2.45) is 5.92 Å². The smallest absolute Gasteiger partial charge is 0.309 e. The Kier molecular flexibility index (Phi) is 6.60. The van der Waals surface area contributed by atoms with Crippen molar-refractivity contribution in [3.05, 3.63) is 53.6 Å². The van der Waals surface area contributed by atoms with Gasteiger partial charge in [-0.15, -0.1) is 0 Å². The van der Waals surface area contributed by atoms with E-state index in [1.54, 1.807) is 7.11 Å². The number of rotatable bonds is 8. The lowest BCUT2D eigenvalue weighted by Crippen LogP contribution is -2.32. The highest BCUT2D eigenvalue weighted by molar-refractivity contribution is 7.91. The molecule has 2 aliphatic heterocycles. The molecule has 0 amide bonds. The van der Waals surface area contributed by atoms with Crippen molar-refractivity contribution in [1.82, 2.24) is 4.90 Å². The summed E-state index contributed by atoms with van der Waals surface area (Å²) in [7, 11) is 1.60. The molecular weight excluding hydrogens is 418 g/mol. The fraction of sp³-hybridized carbons (Fsp3) is 0.435. The van der Waals surface area contributed by atoms with Crippen LogP contribution in [0.5, 0.6) is 17.2 Å². The fourth-order valence-electron chi connectivity index (χ4n) is 4.50. The van der Waals surface area contributed by atoms with Gasteiger partial charge in [-0.2, -0.15) is 0 Å². The first-order valence-electron chi connectivity index (χ1n) is 10.4. The summed E-state index contributed by atoms with van der Waals surface area (Å²) < 4.78 is 28.3. The number of carboxylic acid groups (broad SMARTS) is 1. The second-order valence-electron chi connectivity index (χ2n) is 7.73. The number of carbonyl (C=O) groups is 1. The van der Waals surface area contributed by atoms with Gasteiger partial charge in [0.15, 0.2) is 11.5 Å². The predicted octanol–water partition coefficient (Wildman–Crippen LogP) is 3.03. The van der Waals surface area contributed by atoms with Gasteiger partial charge in [-0.25, -0.2) is 0 Å². The van der Waals surface area contributed by atoms with Crippen LogP contribution in [0.15, 0.2) is 42.5 Å². The SMILES string of the molecule is CC[S+]([O-])CCN1CC(c2ccc3c(c2)OCO3)[C@H](C(=O)O)[C@H]1c1ccc(OC)cc1. The van der Waals surface area contributed by atoms with Crippen molar-refractivity contribution in [1.29, 1.82) is 0 Å². The first kappa shape index (κ1) is 21.8. The van der Waals surface area contributed by atoms with Crippen LogP contribution in [0.1, 0.15) is 30.0 Å². The maximum atomic E-state index is 12.5. The number of carboxylic acids is 1. The minimum Gasteiger partial charge on any atom is -0.616 e. The molecule has 1 N–H and O–H groups in total. The predicted molar refractivity (Wildman–Crippen MR) is 117 cm³/mol. The van der Waals surface area contributed by atoms with E-state index in [9.17, 15) is 14.5 Å². The summed E-state index contributed by atoms with van der Waals surface area (Å²) in [6.45, 7) is 3.21. The topological polar surface area (TPSA) is 91.3 Å². The number of methoxy groups -OCH3 is 1. The fourth-order valence-corrected chi connectivity index (χ4v) is 5.23. The number of nitrogens with zero attached hydrogens (tertiary/aromatic N) is 1. The Labute approximate surface area is 185 Å². The molecule has 2 unspecified atom stereocenters. The molecule has 8 heteroatoms. The maximum absolute atomic E-state index is 12.5. The van der Waals surface area contributed by atoms with Crippen molar-refractivity contribution in [2.45, 2.75) is 18.9 Å². The molecule has 0 aromatic heterocycles. The molecule has 2 aromatic carbocycles. The second-order valence-corrected chi connectivity index (χ2v) is 9.59. The van der Waals surface area contributed by atoms with E-state index in [-0.39, 0.29) is 18.8 Å². The monoisotopic (exact) mass is 445 g/mol. The number of aliphatic carboxylic acids is 1. The summed E-state index contributed by atoms with van der Waals surface area (Å²) in [5.41, 5.74) is 1.83. The Morgan fingerprint density at radius 2 is 1.90 bits per heavy atom. The lowest BCUT2D eigenvalue weighted by atomic mass is 9.83. The molecule has 1 saturated heterocycles. The van der Waals surface area contributed by atoms with Crippen LogP contribution in [0.25, 0.3) is 0 Å². The maximum Gasteiger partial charge on any atom is 0.309 e. The van der Waals surface area contributed by atoms with E-state index >= 15 is 0 Å². The Morgan fingerprint density at radius 3 is 2.58 bits per heavy atom. The normalized spacial score (nSPS) is 23.6. The molecule has 0 bridgehead atoms. The molecule has 2 aromatic rings. The molecule has 4 rings (SSSR count). The lowest BCUT2D eigenvalue weighted by Gasteiger charge is -2.27. The third-order valence-electron chi connectivity index (χ3n) is 6.09. The molecule has 7 nitrogen and oxygen atoms in total. The molecule has 0 radical (unpaired) electrons. The van der Waals surface area contributed by atoms with Crippen LogP contribution in [0.3, 0.4) is 0 Å². The van der Waals surface area contributed by atoms with Crippen molar-refractivity contribution in [2.75, 3.05) is 38.5 Å². The van der Waals surface area contributed by atoms with E-state index in [0.717, 1.165) is 16.9 Å². The van der Waals surface area contributed by atoms with Gasteiger partial charge in [-0.05, 0) is 42.3 Å². The van der Waals surface area contributed by atoms with Crippen LogP contribution >= 0.6 is 0 Å². The van der Waals surface area contributed by atoms with Gasteiger partial charge < -0.3 is 23.9 Å². The zero-order valence-electron chi connectivity index (χ0n) is 17.7. The molecular formula is C23H27NO6S. The first-order valence-corrected chi connectivity index (χ1v) is 11.9. The molecule has 2 aliphatic rings. The van der Waals surface area contributed by atoms with Gasteiger partial charge in [0.1, 0.15) is 17.3 Å². The summed E-state index contributed by atoms with van der Waals surface area (Å²) in [4.78, 5) is 14.7. The van der Waals surface area contributed by atoms with Crippen molar-refractivity contribution < 1.29 is 28.7 Å². The third-order valence-corrected chi connectivity index (χ3v) is 7.38. The Morgan fingerprint density at radius 1 is 1.19 bits per heavy atom. The van der Waals surface area contributed by atoms with Crippen molar-refractivity contribution >= 4 is 17.1 Å². The van der Waals surface area contributed by atoms with Crippen LogP contribution in [0.4, 0.5) is 0 Å². The van der Waals surface area contributed by atoms with Gasteiger partial charge in [0.25, 0.3) is 0 Å².